The fourth-order valence-electron chi connectivity index (χ4n) is 0.899. The van der Waals surface area contributed by atoms with E-state index >= 15 is 0 Å². The monoisotopic (exact) mass is 226 g/mol. The smallest absolute Gasteiger partial charge is 0.224 e. The van der Waals surface area contributed by atoms with Crippen LogP contribution < -0.4 is 11.1 Å². The van der Waals surface area contributed by atoms with Gasteiger partial charge in [0.15, 0.2) is 0 Å². The highest BCUT2D eigenvalue weighted by Gasteiger charge is 1.98. The molecule has 15 heavy (non-hydrogen) atoms. The van der Waals surface area contributed by atoms with E-state index in [0.29, 0.717) is 17.9 Å². The van der Waals surface area contributed by atoms with Crippen LogP contribution in [0, 0.1) is 0 Å². The van der Waals surface area contributed by atoms with Crippen molar-refractivity contribution in [3.8, 4) is 0 Å². The number of amides is 1. The summed E-state index contributed by atoms with van der Waals surface area (Å²) in [7, 11) is 0. The quantitative estimate of drug-likeness (QED) is 0.750. The summed E-state index contributed by atoms with van der Waals surface area (Å²) in [6.07, 6.45) is 5.00. The molecule has 6 heteroatoms. The van der Waals surface area contributed by atoms with Gasteiger partial charge < -0.3 is 11.1 Å². The van der Waals surface area contributed by atoms with Gasteiger partial charge in [0.05, 0.1) is 0 Å². The largest absolute Gasteiger partial charge is 0.383 e. The van der Waals surface area contributed by atoms with Gasteiger partial charge in [-0.3, -0.25) is 4.79 Å². The number of aromatic nitrogens is 2. The van der Waals surface area contributed by atoms with Gasteiger partial charge in [0.1, 0.15) is 5.82 Å². The van der Waals surface area contributed by atoms with Gasteiger partial charge in [-0.05, 0) is 11.6 Å². The van der Waals surface area contributed by atoms with Gasteiger partial charge in [0.25, 0.3) is 0 Å². The first-order chi connectivity index (χ1) is 7.09. The van der Waals surface area contributed by atoms with Gasteiger partial charge in [-0.15, -0.1) is 0 Å². The third kappa shape index (κ3) is 3.95. The van der Waals surface area contributed by atoms with Crippen molar-refractivity contribution in [3.63, 3.8) is 0 Å². The molecule has 0 saturated heterocycles. The molecule has 3 N–H and O–H groups in total. The van der Waals surface area contributed by atoms with Crippen LogP contribution in [-0.4, -0.2) is 22.4 Å². The van der Waals surface area contributed by atoms with Crippen LogP contribution in [0.25, 0.3) is 6.08 Å². The maximum absolute atomic E-state index is 10.6. The molecule has 0 fully saturated rings. The molecule has 0 aliphatic rings. The minimum absolute atomic E-state index is 0.0834. The summed E-state index contributed by atoms with van der Waals surface area (Å²) in [5.41, 5.74) is 6.26. The predicted molar refractivity (Wildman–Crippen MR) is 59.2 cm³/mol. The number of hydrogen-bond acceptors (Lipinski definition) is 4. The van der Waals surface area contributed by atoms with Crippen LogP contribution in [0.1, 0.15) is 12.5 Å². The van der Waals surface area contributed by atoms with Crippen LogP contribution in [0.5, 0.6) is 0 Å². The van der Waals surface area contributed by atoms with Crippen LogP contribution in [-0.2, 0) is 4.79 Å². The zero-order valence-electron chi connectivity index (χ0n) is 8.20. The third-order valence-electron chi connectivity index (χ3n) is 1.58. The molecule has 5 nitrogen and oxygen atoms in total. The summed E-state index contributed by atoms with van der Waals surface area (Å²) >= 11 is 5.54. The summed E-state index contributed by atoms with van der Waals surface area (Å²) in [5.74, 6) is 0.231. The Balaban J connectivity index is 2.60. The van der Waals surface area contributed by atoms with E-state index in [1.165, 1.54) is 13.1 Å². The standard InChI is InChI=1S/C9H11ClN4O/c1-6(15)12-4-2-3-7-5-13-9(10)14-8(7)11/h2-3,5H,4H2,1H3,(H,12,15)(H2,11,13,14). The van der Waals surface area contributed by atoms with Gasteiger partial charge in [0.2, 0.25) is 11.2 Å². The number of carbonyl (C=O) groups excluding carboxylic acids is 1. The molecule has 1 aromatic rings. The van der Waals surface area contributed by atoms with E-state index in [4.69, 9.17) is 17.3 Å². The molecule has 0 aliphatic heterocycles. The molecule has 0 unspecified atom stereocenters. The van der Waals surface area contributed by atoms with Crippen LogP contribution >= 0.6 is 11.6 Å². The van der Waals surface area contributed by atoms with E-state index in [0.717, 1.165) is 0 Å². The van der Waals surface area contributed by atoms with E-state index in [2.05, 4.69) is 15.3 Å². The highest BCUT2D eigenvalue weighted by molar-refractivity contribution is 6.28. The summed E-state index contributed by atoms with van der Waals surface area (Å²) in [4.78, 5) is 18.1. The van der Waals surface area contributed by atoms with Crippen LogP contribution in [0.2, 0.25) is 5.28 Å². The second-order valence-electron chi connectivity index (χ2n) is 2.82. The molecule has 0 saturated carbocycles. The molecule has 0 bridgehead atoms. The molecule has 0 radical (unpaired) electrons. The number of anilines is 1. The van der Waals surface area contributed by atoms with Crippen molar-refractivity contribution in [2.75, 3.05) is 12.3 Å². The van der Waals surface area contributed by atoms with E-state index in [1.807, 2.05) is 0 Å². The fraction of sp³-hybridized carbons (Fsp3) is 0.222. The van der Waals surface area contributed by atoms with E-state index in [-0.39, 0.29) is 11.2 Å². The maximum Gasteiger partial charge on any atom is 0.224 e. The topological polar surface area (TPSA) is 80.9 Å². The maximum atomic E-state index is 10.6. The highest BCUT2D eigenvalue weighted by atomic mass is 35.5. The molecule has 1 aromatic heterocycles. The molecule has 0 atom stereocenters. The van der Waals surface area contributed by atoms with Crippen molar-refractivity contribution in [2.45, 2.75) is 6.92 Å². The Morgan fingerprint density at radius 1 is 1.73 bits per heavy atom. The van der Waals surface area contributed by atoms with Gasteiger partial charge in [-0.1, -0.05) is 12.2 Å². The molecule has 0 aromatic carbocycles. The molecule has 1 heterocycles. The van der Waals surface area contributed by atoms with Crippen molar-refractivity contribution in [1.82, 2.24) is 15.3 Å². The first-order valence-electron chi connectivity index (χ1n) is 4.28. The summed E-state index contributed by atoms with van der Waals surface area (Å²) < 4.78 is 0. The zero-order valence-corrected chi connectivity index (χ0v) is 8.95. The number of nitrogens with one attached hydrogen (secondary N) is 1. The number of rotatable bonds is 3. The lowest BCUT2D eigenvalue weighted by molar-refractivity contribution is -0.118. The lowest BCUT2D eigenvalue weighted by Gasteiger charge is -1.99. The Labute approximate surface area is 92.4 Å². The van der Waals surface area contributed by atoms with Gasteiger partial charge >= 0.3 is 0 Å². The minimum Gasteiger partial charge on any atom is -0.383 e. The van der Waals surface area contributed by atoms with E-state index in [1.54, 1.807) is 12.2 Å². The van der Waals surface area contributed by atoms with Crippen LogP contribution in [0.3, 0.4) is 0 Å². The molecule has 0 spiro atoms. The summed E-state index contributed by atoms with van der Waals surface area (Å²) in [6.45, 7) is 1.89. The Morgan fingerprint density at radius 2 is 2.47 bits per heavy atom. The number of hydrogen-bond donors (Lipinski definition) is 2. The number of nitrogen functional groups attached to an aromatic ring is 1. The molecule has 1 rings (SSSR count). The Morgan fingerprint density at radius 3 is 3.07 bits per heavy atom. The first-order valence-corrected chi connectivity index (χ1v) is 4.66. The molecular weight excluding hydrogens is 216 g/mol. The van der Waals surface area contributed by atoms with Crippen molar-refractivity contribution in [1.29, 1.82) is 0 Å². The van der Waals surface area contributed by atoms with Crippen LogP contribution in [0.4, 0.5) is 5.82 Å². The Hall–Kier alpha value is -1.62. The second-order valence-corrected chi connectivity index (χ2v) is 3.16. The lowest BCUT2D eigenvalue weighted by atomic mass is 10.3. The fourth-order valence-corrected chi connectivity index (χ4v) is 1.04. The van der Waals surface area contributed by atoms with E-state index < -0.39 is 0 Å². The van der Waals surface area contributed by atoms with Crippen molar-refractivity contribution >= 4 is 29.4 Å². The predicted octanol–water partition coefficient (Wildman–Crippen LogP) is 0.862. The molecule has 1 amide bonds. The number of nitrogens with zero attached hydrogens (tertiary/aromatic N) is 2. The van der Waals surface area contributed by atoms with Gasteiger partial charge in [-0.25, -0.2) is 9.97 Å². The minimum atomic E-state index is -0.0834. The summed E-state index contributed by atoms with van der Waals surface area (Å²) in [6, 6.07) is 0. The SMILES string of the molecule is CC(=O)NCC=Cc1cnc(Cl)nc1N. The Bertz CT molecular complexity index is 392. The van der Waals surface area contributed by atoms with Gasteiger partial charge in [0, 0.05) is 25.2 Å². The third-order valence-corrected chi connectivity index (χ3v) is 1.77. The van der Waals surface area contributed by atoms with Crippen molar-refractivity contribution in [3.05, 3.63) is 23.1 Å². The van der Waals surface area contributed by atoms with Crippen molar-refractivity contribution in [2.24, 2.45) is 0 Å². The second kappa shape index (κ2) is 5.31. The molecule has 0 aliphatic carbocycles. The summed E-state index contributed by atoms with van der Waals surface area (Å²) in [5, 5.41) is 2.73. The first kappa shape index (κ1) is 11.5. The molecule has 80 valence electrons. The van der Waals surface area contributed by atoms with Crippen LogP contribution in [0.15, 0.2) is 12.3 Å². The number of carbonyl (C=O) groups is 1. The average molecular weight is 227 g/mol. The van der Waals surface area contributed by atoms with E-state index in [9.17, 15) is 4.79 Å². The van der Waals surface area contributed by atoms with Crippen molar-refractivity contribution < 1.29 is 4.79 Å². The molecular formula is C9H11ClN4O. The lowest BCUT2D eigenvalue weighted by Crippen LogP contribution is -2.19. The zero-order chi connectivity index (χ0) is 11.3. The number of halogens is 1. The number of nitrogens with two attached hydrogens (primary N) is 1. The van der Waals surface area contributed by atoms with Gasteiger partial charge in [-0.2, -0.15) is 0 Å². The average Bonchev–Trinajstić information content (AvgIpc) is 2.14. The normalized spacial score (nSPS) is 10.5. The Kier molecular flexibility index (Phi) is 4.05. The highest BCUT2D eigenvalue weighted by Crippen LogP contribution is 2.11.